The third kappa shape index (κ3) is 5.37. The molecule has 1 aliphatic heterocycles. The summed E-state index contributed by atoms with van der Waals surface area (Å²) in [6, 6.07) is 1.78. The molecule has 4 aromatic heterocycles. The van der Waals surface area contributed by atoms with E-state index in [1.165, 1.54) is 17.7 Å². The number of carbonyl (C=O) groups excluding carboxylic acids is 1. The molecule has 9 nitrogen and oxygen atoms in total. The Morgan fingerprint density at radius 2 is 2.00 bits per heavy atom. The molecule has 0 bridgehead atoms. The molecule has 0 atom stereocenters. The van der Waals surface area contributed by atoms with E-state index < -0.39 is 12.6 Å². The van der Waals surface area contributed by atoms with Crippen LogP contribution in [0.5, 0.6) is 0 Å². The van der Waals surface area contributed by atoms with Crippen LogP contribution in [0.25, 0.3) is 27.6 Å². The normalized spacial score (nSPS) is 15.5. The highest BCUT2D eigenvalue weighted by atomic mass is 32.1. The van der Waals surface area contributed by atoms with E-state index >= 15 is 0 Å². The lowest BCUT2D eigenvalue weighted by Crippen LogP contribution is -2.40. The molecule has 13 heteroatoms. The number of rotatable bonds is 6. The second-order valence-corrected chi connectivity index (χ2v) is 10.6. The van der Waals surface area contributed by atoms with Gasteiger partial charge in [0.2, 0.25) is 5.91 Å². The summed E-state index contributed by atoms with van der Waals surface area (Å²) in [6.07, 6.45) is 0.980. The summed E-state index contributed by atoms with van der Waals surface area (Å²) in [6.45, 7) is 3.80. The van der Waals surface area contributed by atoms with Crippen molar-refractivity contribution in [1.29, 1.82) is 0 Å². The van der Waals surface area contributed by atoms with Gasteiger partial charge in [0.15, 0.2) is 5.65 Å². The van der Waals surface area contributed by atoms with E-state index in [1.807, 2.05) is 6.92 Å². The average Bonchev–Trinajstić information content (AvgIpc) is 3.58. The van der Waals surface area contributed by atoms with Gasteiger partial charge < -0.3 is 4.90 Å². The van der Waals surface area contributed by atoms with Gasteiger partial charge in [0, 0.05) is 42.5 Å². The number of carbonyl (C=O) groups is 1. The number of likely N-dealkylation sites (tertiary alicyclic amines) is 1. The summed E-state index contributed by atoms with van der Waals surface area (Å²) in [5, 5.41) is 11.7. The Labute approximate surface area is 215 Å². The number of pyridine rings is 1. The van der Waals surface area contributed by atoms with Crippen molar-refractivity contribution in [3.8, 4) is 22.0 Å². The number of piperidine rings is 1. The molecule has 1 fully saturated rings. The quantitative estimate of drug-likeness (QED) is 0.405. The molecule has 1 N–H and O–H groups in total. The third-order valence-electron chi connectivity index (χ3n) is 6.67. The zero-order chi connectivity index (χ0) is 26.3. The van der Waals surface area contributed by atoms with Crippen LogP contribution in [-0.2, 0) is 11.2 Å². The average molecular weight is 533 g/mol. The molecule has 0 aromatic carbocycles. The van der Waals surface area contributed by atoms with Gasteiger partial charge in [-0.3, -0.25) is 14.8 Å². The fraction of sp³-hybridized carbons (Fsp3) is 0.458. The minimum atomic E-state index is -4.42. The first-order valence-electron chi connectivity index (χ1n) is 11.9. The SMILES string of the molecule is Cc1cc(-c2[nH]nc(-c3ncc(C4CCN(CC(=O)N(C)C)CC4)s3)c2CC(F)(F)F)cn2ncnc12. The highest BCUT2D eigenvalue weighted by Gasteiger charge is 2.34. The number of aryl methyl sites for hydroxylation is 1. The Kier molecular flexibility index (Phi) is 6.75. The van der Waals surface area contributed by atoms with Crippen LogP contribution >= 0.6 is 11.3 Å². The van der Waals surface area contributed by atoms with Gasteiger partial charge in [-0.15, -0.1) is 11.3 Å². The number of fused-ring (bicyclic) bond motifs is 1. The number of H-pyrrole nitrogens is 1. The maximum absolute atomic E-state index is 13.6. The van der Waals surface area contributed by atoms with Crippen LogP contribution in [0.4, 0.5) is 13.2 Å². The van der Waals surface area contributed by atoms with E-state index in [1.54, 1.807) is 42.0 Å². The molecular formula is C24H27F3N8OS. The fourth-order valence-electron chi connectivity index (χ4n) is 4.68. The number of halogens is 3. The molecule has 0 unspecified atom stereocenters. The van der Waals surface area contributed by atoms with Crippen molar-refractivity contribution in [2.75, 3.05) is 33.7 Å². The maximum atomic E-state index is 13.6. The van der Waals surface area contributed by atoms with Crippen molar-refractivity contribution in [1.82, 2.24) is 39.6 Å². The lowest BCUT2D eigenvalue weighted by atomic mass is 9.96. The lowest BCUT2D eigenvalue weighted by molar-refractivity contribution is -0.130. The first-order chi connectivity index (χ1) is 17.6. The minimum Gasteiger partial charge on any atom is -0.348 e. The summed E-state index contributed by atoms with van der Waals surface area (Å²) in [5.41, 5.74) is 2.55. The second kappa shape index (κ2) is 9.86. The van der Waals surface area contributed by atoms with Crippen molar-refractivity contribution in [2.45, 2.75) is 38.3 Å². The van der Waals surface area contributed by atoms with E-state index in [0.29, 0.717) is 28.5 Å². The van der Waals surface area contributed by atoms with Crippen LogP contribution in [0.3, 0.4) is 0 Å². The van der Waals surface area contributed by atoms with Gasteiger partial charge in [0.25, 0.3) is 0 Å². The standard InChI is InChI=1S/C24H27F3N8OS/c1-14-8-16(11-35-22(14)29-13-30-35)20-17(9-24(25,26)27)21(32-31-20)23-28-10-18(37-23)15-4-6-34(7-5-15)12-19(36)33(2)3/h8,10-11,13,15H,4-7,9,12H2,1-3H3,(H,31,32). The van der Waals surface area contributed by atoms with E-state index in [2.05, 4.69) is 30.2 Å². The number of aromatic nitrogens is 6. The summed E-state index contributed by atoms with van der Waals surface area (Å²) in [5.74, 6) is 0.321. The van der Waals surface area contributed by atoms with Gasteiger partial charge in [-0.05, 0) is 50.4 Å². The smallest absolute Gasteiger partial charge is 0.348 e. The topological polar surface area (TPSA) is 95.3 Å². The Morgan fingerprint density at radius 1 is 1.24 bits per heavy atom. The highest BCUT2D eigenvalue weighted by Crippen LogP contribution is 2.39. The summed E-state index contributed by atoms with van der Waals surface area (Å²) in [7, 11) is 3.49. The van der Waals surface area contributed by atoms with Crippen LogP contribution in [-0.4, -0.2) is 85.4 Å². The molecule has 1 amide bonds. The summed E-state index contributed by atoms with van der Waals surface area (Å²) in [4.78, 5) is 25.4. The molecule has 0 spiro atoms. The summed E-state index contributed by atoms with van der Waals surface area (Å²) >= 11 is 1.39. The van der Waals surface area contributed by atoms with Gasteiger partial charge in [0.1, 0.15) is 17.0 Å². The Hall–Kier alpha value is -3.32. The molecular weight excluding hydrogens is 505 g/mol. The maximum Gasteiger partial charge on any atom is 0.393 e. The van der Waals surface area contributed by atoms with E-state index in [4.69, 9.17) is 0 Å². The Morgan fingerprint density at radius 3 is 2.70 bits per heavy atom. The zero-order valence-corrected chi connectivity index (χ0v) is 21.5. The highest BCUT2D eigenvalue weighted by molar-refractivity contribution is 7.15. The van der Waals surface area contributed by atoms with Crippen molar-refractivity contribution < 1.29 is 18.0 Å². The molecule has 0 saturated carbocycles. The number of thiazole rings is 1. The molecule has 5 rings (SSSR count). The van der Waals surface area contributed by atoms with Gasteiger partial charge in [-0.25, -0.2) is 14.5 Å². The first kappa shape index (κ1) is 25.3. The van der Waals surface area contributed by atoms with E-state index in [-0.39, 0.29) is 23.1 Å². The van der Waals surface area contributed by atoms with E-state index in [9.17, 15) is 18.0 Å². The number of likely N-dealkylation sites (N-methyl/N-ethyl adjacent to an activating group) is 1. The van der Waals surface area contributed by atoms with Gasteiger partial charge in [-0.2, -0.15) is 23.4 Å². The Balaban J connectivity index is 1.41. The molecule has 37 heavy (non-hydrogen) atoms. The number of nitrogens with zero attached hydrogens (tertiary/aromatic N) is 7. The Bertz CT molecular complexity index is 1410. The molecule has 1 aliphatic rings. The zero-order valence-electron chi connectivity index (χ0n) is 20.7. The molecule has 196 valence electrons. The molecule has 4 aromatic rings. The number of hydrogen-bond donors (Lipinski definition) is 1. The number of amides is 1. The van der Waals surface area contributed by atoms with Gasteiger partial charge >= 0.3 is 6.18 Å². The van der Waals surface area contributed by atoms with E-state index in [0.717, 1.165) is 36.4 Å². The van der Waals surface area contributed by atoms with Crippen molar-refractivity contribution >= 4 is 22.9 Å². The molecule has 5 heterocycles. The lowest BCUT2D eigenvalue weighted by Gasteiger charge is -2.31. The third-order valence-corrected chi connectivity index (χ3v) is 7.83. The van der Waals surface area contributed by atoms with Crippen LogP contribution < -0.4 is 0 Å². The number of nitrogens with one attached hydrogen (secondary N) is 1. The monoisotopic (exact) mass is 532 g/mol. The minimum absolute atomic E-state index is 0.0595. The first-order valence-corrected chi connectivity index (χ1v) is 12.7. The van der Waals surface area contributed by atoms with Crippen LogP contribution in [0, 0.1) is 6.92 Å². The van der Waals surface area contributed by atoms with Gasteiger partial charge in [-0.1, -0.05) is 0 Å². The van der Waals surface area contributed by atoms with Crippen LogP contribution in [0.15, 0.2) is 24.8 Å². The molecule has 1 saturated heterocycles. The van der Waals surface area contributed by atoms with Crippen LogP contribution in [0.2, 0.25) is 0 Å². The number of aromatic amines is 1. The predicted octanol–water partition coefficient (Wildman–Crippen LogP) is 3.92. The number of hydrogen-bond acceptors (Lipinski definition) is 7. The number of alkyl halides is 3. The molecule has 0 radical (unpaired) electrons. The summed E-state index contributed by atoms with van der Waals surface area (Å²) < 4.78 is 42.5. The van der Waals surface area contributed by atoms with Crippen LogP contribution in [0.1, 0.15) is 34.8 Å². The fourth-order valence-corrected chi connectivity index (χ4v) is 5.78. The second-order valence-electron chi connectivity index (χ2n) is 9.56. The molecule has 0 aliphatic carbocycles. The predicted molar refractivity (Wildman–Crippen MR) is 133 cm³/mol. The largest absolute Gasteiger partial charge is 0.393 e. The van der Waals surface area contributed by atoms with Gasteiger partial charge in [0.05, 0.1) is 18.7 Å². The van der Waals surface area contributed by atoms with Crippen molar-refractivity contribution in [3.63, 3.8) is 0 Å². The van der Waals surface area contributed by atoms with Crippen molar-refractivity contribution in [3.05, 3.63) is 40.8 Å². The van der Waals surface area contributed by atoms with Crippen molar-refractivity contribution in [2.24, 2.45) is 0 Å².